The van der Waals surface area contributed by atoms with Gasteiger partial charge in [-0.15, -0.1) is 0 Å². The lowest BCUT2D eigenvalue weighted by Gasteiger charge is -2.12. The van der Waals surface area contributed by atoms with Crippen molar-refractivity contribution in [3.05, 3.63) is 24.3 Å². The van der Waals surface area contributed by atoms with Gasteiger partial charge in [0, 0.05) is 24.8 Å². The predicted octanol–water partition coefficient (Wildman–Crippen LogP) is 3.18. The SMILES string of the molecule is CCSCCCNc1cccc(OCCN(C)C)c1. The summed E-state index contributed by atoms with van der Waals surface area (Å²) in [6.45, 7) is 4.89. The number of rotatable bonds is 10. The summed E-state index contributed by atoms with van der Waals surface area (Å²) < 4.78 is 5.72. The van der Waals surface area contributed by atoms with E-state index in [2.05, 4.69) is 43.4 Å². The number of anilines is 1. The molecule has 4 heteroatoms. The molecule has 0 radical (unpaired) electrons. The molecule has 0 aliphatic heterocycles. The maximum Gasteiger partial charge on any atom is 0.121 e. The quantitative estimate of drug-likeness (QED) is 0.666. The molecule has 1 rings (SSSR count). The molecular weight excluding hydrogens is 256 g/mol. The van der Waals surface area contributed by atoms with Gasteiger partial charge in [-0.2, -0.15) is 11.8 Å². The lowest BCUT2D eigenvalue weighted by atomic mass is 10.3. The number of nitrogens with zero attached hydrogens (tertiary/aromatic N) is 1. The van der Waals surface area contributed by atoms with E-state index in [1.54, 1.807) is 0 Å². The number of benzene rings is 1. The largest absolute Gasteiger partial charge is 0.492 e. The molecule has 1 aromatic carbocycles. The van der Waals surface area contributed by atoms with Crippen LogP contribution in [0.2, 0.25) is 0 Å². The number of likely N-dealkylation sites (N-methyl/N-ethyl adjacent to an activating group) is 1. The van der Waals surface area contributed by atoms with E-state index in [1.807, 2.05) is 23.9 Å². The Morgan fingerprint density at radius 3 is 2.89 bits per heavy atom. The van der Waals surface area contributed by atoms with E-state index < -0.39 is 0 Å². The molecule has 0 aliphatic carbocycles. The van der Waals surface area contributed by atoms with E-state index in [9.17, 15) is 0 Å². The Balaban J connectivity index is 2.27. The third-order valence-electron chi connectivity index (χ3n) is 2.64. The van der Waals surface area contributed by atoms with Gasteiger partial charge in [0.1, 0.15) is 12.4 Å². The highest BCUT2D eigenvalue weighted by Gasteiger charge is 1.97. The smallest absolute Gasteiger partial charge is 0.121 e. The Hall–Kier alpha value is -0.870. The van der Waals surface area contributed by atoms with Gasteiger partial charge in [0.05, 0.1) is 0 Å². The average molecular weight is 282 g/mol. The third-order valence-corrected chi connectivity index (χ3v) is 3.63. The van der Waals surface area contributed by atoms with Crippen LogP contribution in [0.1, 0.15) is 13.3 Å². The second-order valence-electron chi connectivity index (χ2n) is 4.66. The van der Waals surface area contributed by atoms with Gasteiger partial charge in [0.2, 0.25) is 0 Å². The maximum absolute atomic E-state index is 5.72. The van der Waals surface area contributed by atoms with Crippen LogP contribution < -0.4 is 10.1 Å². The van der Waals surface area contributed by atoms with Crippen molar-refractivity contribution in [1.82, 2.24) is 4.90 Å². The van der Waals surface area contributed by atoms with Crippen LogP contribution in [0.3, 0.4) is 0 Å². The predicted molar refractivity (Wildman–Crippen MR) is 86.6 cm³/mol. The molecule has 1 aromatic rings. The zero-order chi connectivity index (χ0) is 13.9. The first-order valence-corrected chi connectivity index (χ1v) is 8.07. The van der Waals surface area contributed by atoms with Crippen LogP contribution in [0.5, 0.6) is 5.75 Å². The highest BCUT2D eigenvalue weighted by molar-refractivity contribution is 7.99. The number of thioether (sulfide) groups is 1. The van der Waals surface area contributed by atoms with Crippen molar-refractivity contribution in [1.29, 1.82) is 0 Å². The summed E-state index contributed by atoms with van der Waals surface area (Å²) in [5.41, 5.74) is 1.14. The molecule has 19 heavy (non-hydrogen) atoms. The molecule has 0 unspecified atom stereocenters. The first-order chi connectivity index (χ1) is 9.22. The molecule has 0 spiro atoms. The van der Waals surface area contributed by atoms with E-state index in [4.69, 9.17) is 4.74 Å². The summed E-state index contributed by atoms with van der Waals surface area (Å²) in [4.78, 5) is 2.12. The fourth-order valence-electron chi connectivity index (χ4n) is 1.59. The molecule has 0 aromatic heterocycles. The van der Waals surface area contributed by atoms with Crippen LogP contribution in [0.15, 0.2) is 24.3 Å². The molecule has 0 bridgehead atoms. The van der Waals surface area contributed by atoms with E-state index in [0.29, 0.717) is 0 Å². The summed E-state index contributed by atoms with van der Waals surface area (Å²) in [6, 6.07) is 8.20. The van der Waals surface area contributed by atoms with Gasteiger partial charge in [-0.25, -0.2) is 0 Å². The minimum absolute atomic E-state index is 0.726. The fourth-order valence-corrected chi connectivity index (χ4v) is 2.23. The van der Waals surface area contributed by atoms with Crippen LogP contribution >= 0.6 is 11.8 Å². The van der Waals surface area contributed by atoms with E-state index in [-0.39, 0.29) is 0 Å². The Labute approximate surface area is 121 Å². The van der Waals surface area contributed by atoms with Crippen LogP contribution in [0.25, 0.3) is 0 Å². The van der Waals surface area contributed by atoms with E-state index in [0.717, 1.165) is 31.1 Å². The molecule has 0 aliphatic rings. The molecule has 0 saturated carbocycles. The van der Waals surface area contributed by atoms with Crippen LogP contribution in [0, 0.1) is 0 Å². The zero-order valence-corrected chi connectivity index (χ0v) is 13.1. The monoisotopic (exact) mass is 282 g/mol. The minimum atomic E-state index is 0.726. The van der Waals surface area contributed by atoms with Crippen LogP contribution in [-0.2, 0) is 0 Å². The molecule has 0 heterocycles. The highest BCUT2D eigenvalue weighted by Crippen LogP contribution is 2.17. The Kier molecular flexibility index (Phi) is 8.50. The van der Waals surface area contributed by atoms with Gasteiger partial charge in [-0.3, -0.25) is 0 Å². The highest BCUT2D eigenvalue weighted by atomic mass is 32.2. The summed E-state index contributed by atoms with van der Waals surface area (Å²) in [5, 5.41) is 3.44. The zero-order valence-electron chi connectivity index (χ0n) is 12.3. The number of ether oxygens (including phenoxy) is 1. The van der Waals surface area contributed by atoms with Crippen molar-refractivity contribution in [2.45, 2.75) is 13.3 Å². The Morgan fingerprint density at radius 2 is 2.16 bits per heavy atom. The maximum atomic E-state index is 5.72. The third kappa shape index (κ3) is 8.01. The summed E-state index contributed by atoms with van der Waals surface area (Å²) in [7, 11) is 4.10. The fraction of sp³-hybridized carbons (Fsp3) is 0.600. The minimum Gasteiger partial charge on any atom is -0.492 e. The van der Waals surface area contributed by atoms with Crippen molar-refractivity contribution in [2.24, 2.45) is 0 Å². The average Bonchev–Trinajstić information content (AvgIpc) is 2.39. The lowest BCUT2D eigenvalue weighted by molar-refractivity contribution is 0.261. The number of nitrogens with one attached hydrogen (secondary N) is 1. The molecule has 1 N–H and O–H groups in total. The molecular formula is C15H26N2OS. The van der Waals surface area contributed by atoms with Crippen molar-refractivity contribution in [3.63, 3.8) is 0 Å². The Bertz CT molecular complexity index is 345. The van der Waals surface area contributed by atoms with Crippen LogP contribution in [-0.4, -0.2) is 50.2 Å². The van der Waals surface area contributed by atoms with Crippen molar-refractivity contribution in [3.8, 4) is 5.75 Å². The van der Waals surface area contributed by atoms with Crippen molar-refractivity contribution < 1.29 is 4.74 Å². The van der Waals surface area contributed by atoms with Crippen LogP contribution in [0.4, 0.5) is 5.69 Å². The number of hydrogen-bond donors (Lipinski definition) is 1. The topological polar surface area (TPSA) is 24.5 Å². The van der Waals surface area contributed by atoms with Gasteiger partial charge in [0.25, 0.3) is 0 Å². The summed E-state index contributed by atoms with van der Waals surface area (Å²) in [6.07, 6.45) is 1.20. The van der Waals surface area contributed by atoms with Crippen molar-refractivity contribution in [2.75, 3.05) is 50.6 Å². The Morgan fingerprint density at radius 1 is 1.32 bits per heavy atom. The molecule has 0 amide bonds. The molecule has 0 fully saturated rings. The lowest BCUT2D eigenvalue weighted by Crippen LogP contribution is -2.19. The molecule has 0 saturated heterocycles. The summed E-state index contributed by atoms with van der Waals surface area (Å²) in [5.74, 6) is 3.37. The molecule has 0 atom stereocenters. The summed E-state index contributed by atoms with van der Waals surface area (Å²) >= 11 is 1.99. The molecule has 108 valence electrons. The van der Waals surface area contributed by atoms with Crippen molar-refractivity contribution >= 4 is 17.4 Å². The second kappa shape index (κ2) is 9.98. The van der Waals surface area contributed by atoms with Gasteiger partial charge >= 0.3 is 0 Å². The normalized spacial score (nSPS) is 10.7. The van der Waals surface area contributed by atoms with Gasteiger partial charge in [-0.05, 0) is 44.2 Å². The van der Waals surface area contributed by atoms with E-state index in [1.165, 1.54) is 17.9 Å². The van der Waals surface area contributed by atoms with Gasteiger partial charge < -0.3 is 15.0 Å². The number of hydrogen-bond acceptors (Lipinski definition) is 4. The van der Waals surface area contributed by atoms with E-state index >= 15 is 0 Å². The molecule has 3 nitrogen and oxygen atoms in total. The first-order valence-electron chi connectivity index (χ1n) is 6.91. The van der Waals surface area contributed by atoms with Gasteiger partial charge in [0.15, 0.2) is 0 Å². The first kappa shape index (κ1) is 16.2. The standard InChI is InChI=1S/C15H26N2OS/c1-4-19-12-6-9-16-14-7-5-8-15(13-14)18-11-10-17(2)3/h5,7-8,13,16H,4,6,9-12H2,1-3H3. The van der Waals surface area contributed by atoms with Gasteiger partial charge in [-0.1, -0.05) is 13.0 Å². The second-order valence-corrected chi connectivity index (χ2v) is 6.05.